The molecule has 4 heteroatoms. The van der Waals surface area contributed by atoms with E-state index in [0.29, 0.717) is 18.6 Å². The van der Waals surface area contributed by atoms with Crippen molar-refractivity contribution in [1.29, 1.82) is 0 Å². The number of pyridine rings is 1. The van der Waals surface area contributed by atoms with Crippen LogP contribution in [0.25, 0.3) is 0 Å². The molecule has 0 aliphatic carbocycles. The van der Waals surface area contributed by atoms with Crippen molar-refractivity contribution in [3.8, 4) is 0 Å². The molecule has 1 aromatic heterocycles. The number of hydrogen-bond donors (Lipinski definition) is 1. The van der Waals surface area contributed by atoms with Crippen LogP contribution in [0.15, 0.2) is 18.3 Å². The van der Waals surface area contributed by atoms with Crippen LogP contribution in [0.3, 0.4) is 0 Å². The van der Waals surface area contributed by atoms with Crippen LogP contribution in [-0.4, -0.2) is 35.4 Å². The maximum absolute atomic E-state index is 9.73. The summed E-state index contributed by atoms with van der Waals surface area (Å²) < 4.78 is 5.83. The van der Waals surface area contributed by atoms with E-state index in [1.165, 1.54) is 12.8 Å². The Kier molecular flexibility index (Phi) is 3.22. The first-order chi connectivity index (χ1) is 8.76. The summed E-state index contributed by atoms with van der Waals surface area (Å²) in [6.45, 7) is 3.89. The number of aromatic nitrogens is 1. The highest BCUT2D eigenvalue weighted by atomic mass is 16.5. The molecule has 2 bridgehead atoms. The standard InChI is InChI=1S/C14H20N2O2/c1-2-14(17)13-6-3-10(7-15-13)16-8-11-4-5-12(9-16)18-11/h3,6-7,11-12,14,17H,2,4-5,8-9H2,1H3. The van der Waals surface area contributed by atoms with Crippen molar-refractivity contribution >= 4 is 5.69 Å². The molecule has 2 saturated heterocycles. The quantitative estimate of drug-likeness (QED) is 0.887. The average Bonchev–Trinajstić information content (AvgIpc) is 2.77. The van der Waals surface area contributed by atoms with Gasteiger partial charge in [0, 0.05) is 13.1 Å². The minimum atomic E-state index is -0.445. The van der Waals surface area contributed by atoms with Gasteiger partial charge in [-0.2, -0.15) is 0 Å². The Bertz CT molecular complexity index is 395. The fraction of sp³-hybridized carbons (Fsp3) is 0.643. The summed E-state index contributed by atoms with van der Waals surface area (Å²) in [6.07, 6.45) is 5.28. The summed E-state index contributed by atoms with van der Waals surface area (Å²) >= 11 is 0. The molecule has 1 N–H and O–H groups in total. The van der Waals surface area contributed by atoms with Crippen LogP contribution in [0.2, 0.25) is 0 Å². The van der Waals surface area contributed by atoms with Crippen LogP contribution >= 0.6 is 0 Å². The number of nitrogens with zero attached hydrogens (tertiary/aromatic N) is 2. The molecule has 2 aliphatic heterocycles. The van der Waals surface area contributed by atoms with Gasteiger partial charge in [0.15, 0.2) is 0 Å². The molecule has 3 atom stereocenters. The van der Waals surface area contributed by atoms with Gasteiger partial charge in [-0.1, -0.05) is 6.92 Å². The lowest BCUT2D eigenvalue weighted by molar-refractivity contribution is 0.0304. The fourth-order valence-corrected chi connectivity index (χ4v) is 2.82. The largest absolute Gasteiger partial charge is 0.387 e. The third kappa shape index (κ3) is 2.22. The number of anilines is 1. The molecule has 0 spiro atoms. The molecule has 0 saturated carbocycles. The van der Waals surface area contributed by atoms with Gasteiger partial charge in [0.25, 0.3) is 0 Å². The molecule has 0 amide bonds. The minimum Gasteiger partial charge on any atom is -0.387 e. The topological polar surface area (TPSA) is 45.6 Å². The number of rotatable bonds is 3. The summed E-state index contributed by atoms with van der Waals surface area (Å²) in [5.41, 5.74) is 1.90. The van der Waals surface area contributed by atoms with Crippen molar-refractivity contribution in [3.63, 3.8) is 0 Å². The van der Waals surface area contributed by atoms with Crippen LogP contribution in [0, 0.1) is 0 Å². The van der Waals surface area contributed by atoms with Crippen molar-refractivity contribution in [3.05, 3.63) is 24.0 Å². The maximum Gasteiger partial charge on any atom is 0.0957 e. The molecule has 3 rings (SSSR count). The zero-order valence-corrected chi connectivity index (χ0v) is 10.7. The third-order valence-corrected chi connectivity index (χ3v) is 3.91. The number of hydrogen-bond acceptors (Lipinski definition) is 4. The number of ether oxygens (including phenoxy) is 1. The van der Waals surface area contributed by atoms with E-state index in [0.717, 1.165) is 24.5 Å². The second-order valence-electron chi connectivity index (χ2n) is 5.23. The number of aliphatic hydroxyl groups is 1. The Morgan fingerprint density at radius 2 is 2.11 bits per heavy atom. The van der Waals surface area contributed by atoms with Gasteiger partial charge >= 0.3 is 0 Å². The first-order valence-corrected chi connectivity index (χ1v) is 6.80. The highest BCUT2D eigenvalue weighted by Crippen LogP contribution is 2.29. The summed E-state index contributed by atoms with van der Waals surface area (Å²) in [4.78, 5) is 6.71. The van der Waals surface area contributed by atoms with E-state index in [1.807, 2.05) is 19.2 Å². The Morgan fingerprint density at radius 3 is 2.67 bits per heavy atom. The van der Waals surface area contributed by atoms with Gasteiger partial charge in [0.2, 0.25) is 0 Å². The first-order valence-electron chi connectivity index (χ1n) is 6.80. The average molecular weight is 248 g/mol. The van der Waals surface area contributed by atoms with Crippen LogP contribution in [0.1, 0.15) is 38.0 Å². The summed E-state index contributed by atoms with van der Waals surface area (Å²) in [6, 6.07) is 3.99. The zero-order chi connectivity index (χ0) is 12.5. The lowest BCUT2D eigenvalue weighted by Crippen LogP contribution is -2.42. The van der Waals surface area contributed by atoms with Gasteiger partial charge < -0.3 is 14.7 Å². The molecular weight excluding hydrogens is 228 g/mol. The number of morpholine rings is 1. The van der Waals surface area contributed by atoms with Gasteiger partial charge in [-0.15, -0.1) is 0 Å². The van der Waals surface area contributed by atoms with Gasteiger partial charge in [0.05, 0.1) is 35.9 Å². The highest BCUT2D eigenvalue weighted by Gasteiger charge is 2.33. The lowest BCUT2D eigenvalue weighted by Gasteiger charge is -2.33. The zero-order valence-electron chi connectivity index (χ0n) is 10.7. The Morgan fingerprint density at radius 1 is 1.39 bits per heavy atom. The molecule has 4 nitrogen and oxygen atoms in total. The van der Waals surface area contributed by atoms with E-state index in [4.69, 9.17) is 4.74 Å². The molecule has 18 heavy (non-hydrogen) atoms. The molecule has 2 aliphatic rings. The first kappa shape index (κ1) is 11.9. The second kappa shape index (κ2) is 4.86. The second-order valence-corrected chi connectivity index (χ2v) is 5.23. The fourth-order valence-electron chi connectivity index (χ4n) is 2.82. The van der Waals surface area contributed by atoms with Gasteiger partial charge in [-0.3, -0.25) is 4.98 Å². The summed E-state index contributed by atoms with van der Waals surface area (Å²) in [5.74, 6) is 0. The number of fused-ring (bicyclic) bond motifs is 2. The van der Waals surface area contributed by atoms with E-state index in [-0.39, 0.29) is 0 Å². The molecule has 2 fully saturated rings. The summed E-state index contributed by atoms with van der Waals surface area (Å²) in [5, 5.41) is 9.73. The molecular formula is C14H20N2O2. The van der Waals surface area contributed by atoms with Crippen molar-refractivity contribution in [2.45, 2.75) is 44.5 Å². The molecule has 0 aromatic carbocycles. The van der Waals surface area contributed by atoms with E-state index < -0.39 is 6.10 Å². The molecule has 98 valence electrons. The molecule has 3 unspecified atom stereocenters. The van der Waals surface area contributed by atoms with E-state index in [2.05, 4.69) is 16.0 Å². The monoisotopic (exact) mass is 248 g/mol. The maximum atomic E-state index is 9.73. The smallest absolute Gasteiger partial charge is 0.0957 e. The lowest BCUT2D eigenvalue weighted by atomic mass is 10.2. The van der Waals surface area contributed by atoms with Crippen molar-refractivity contribution in [1.82, 2.24) is 4.98 Å². The predicted molar refractivity (Wildman–Crippen MR) is 69.6 cm³/mol. The number of aliphatic hydroxyl groups excluding tert-OH is 1. The van der Waals surface area contributed by atoms with E-state index >= 15 is 0 Å². The predicted octanol–water partition coefficient (Wildman–Crippen LogP) is 1.89. The molecule has 1 aromatic rings. The normalized spacial score (nSPS) is 28.4. The summed E-state index contributed by atoms with van der Waals surface area (Å²) in [7, 11) is 0. The van der Waals surface area contributed by atoms with Crippen LogP contribution < -0.4 is 4.90 Å². The molecule has 3 heterocycles. The van der Waals surface area contributed by atoms with Gasteiger partial charge in [-0.05, 0) is 31.4 Å². The van der Waals surface area contributed by atoms with Gasteiger partial charge in [-0.25, -0.2) is 0 Å². The van der Waals surface area contributed by atoms with Gasteiger partial charge in [0.1, 0.15) is 0 Å². The van der Waals surface area contributed by atoms with Crippen LogP contribution in [-0.2, 0) is 4.74 Å². The molecule has 0 radical (unpaired) electrons. The van der Waals surface area contributed by atoms with Crippen molar-refractivity contribution < 1.29 is 9.84 Å². The van der Waals surface area contributed by atoms with E-state index in [1.54, 1.807) is 0 Å². The minimum absolute atomic E-state index is 0.393. The van der Waals surface area contributed by atoms with Crippen LogP contribution in [0.5, 0.6) is 0 Å². The Balaban J connectivity index is 1.73. The Hall–Kier alpha value is -1.13. The third-order valence-electron chi connectivity index (χ3n) is 3.91. The Labute approximate surface area is 108 Å². The SMILES string of the molecule is CCC(O)c1ccc(N2CC3CCC(C2)O3)cn1. The van der Waals surface area contributed by atoms with Crippen molar-refractivity contribution in [2.24, 2.45) is 0 Å². The van der Waals surface area contributed by atoms with E-state index in [9.17, 15) is 5.11 Å². The van der Waals surface area contributed by atoms with Crippen LogP contribution in [0.4, 0.5) is 5.69 Å². The highest BCUT2D eigenvalue weighted by molar-refractivity contribution is 5.45. The van der Waals surface area contributed by atoms with Crippen molar-refractivity contribution in [2.75, 3.05) is 18.0 Å².